The zero-order valence-electron chi connectivity index (χ0n) is 7.07. The van der Waals surface area contributed by atoms with Gasteiger partial charge in [0.05, 0.1) is 0 Å². The van der Waals surface area contributed by atoms with Crippen LogP contribution in [0.25, 0.3) is 0 Å². The van der Waals surface area contributed by atoms with Crippen molar-refractivity contribution < 1.29 is 9.53 Å². The van der Waals surface area contributed by atoms with E-state index >= 15 is 0 Å². The highest BCUT2D eigenvalue weighted by Gasteiger charge is 2.05. The Morgan fingerprint density at radius 3 is 2.92 bits per heavy atom. The molecule has 0 saturated carbocycles. The van der Waals surface area contributed by atoms with Crippen LogP contribution < -0.4 is 10.5 Å². The number of aryl methyl sites for hydroxylation is 1. The molecule has 0 atom stereocenters. The molecule has 0 bridgehead atoms. The van der Waals surface area contributed by atoms with Gasteiger partial charge in [0.25, 0.3) is 0 Å². The van der Waals surface area contributed by atoms with E-state index in [-0.39, 0.29) is 5.88 Å². The summed E-state index contributed by atoms with van der Waals surface area (Å²) in [7, 11) is 0. The van der Waals surface area contributed by atoms with Gasteiger partial charge < -0.3 is 10.5 Å². The Hall–Kier alpha value is -1.52. The van der Waals surface area contributed by atoms with Crippen LogP contribution in [0.15, 0.2) is 6.07 Å². The number of carbonyl (C=O) groups excluding carboxylic acids is 1. The molecule has 0 amide bonds. The molecule has 12 heavy (non-hydrogen) atoms. The molecule has 2 N–H and O–H groups in total. The number of hydrogen-bond acceptors (Lipinski definition) is 4. The summed E-state index contributed by atoms with van der Waals surface area (Å²) in [6.45, 7) is 3.88. The van der Waals surface area contributed by atoms with Crippen LogP contribution in [-0.2, 0) is 11.3 Å². The van der Waals surface area contributed by atoms with Crippen LogP contribution in [-0.4, -0.2) is 15.7 Å². The second-order valence-corrected chi connectivity index (χ2v) is 2.32. The van der Waals surface area contributed by atoms with Crippen LogP contribution in [0.1, 0.15) is 13.8 Å². The topological polar surface area (TPSA) is 70.1 Å². The van der Waals surface area contributed by atoms with Crippen LogP contribution in [0.2, 0.25) is 0 Å². The number of nitrogen functional groups attached to an aromatic ring is 1. The molecule has 5 nitrogen and oxygen atoms in total. The highest BCUT2D eigenvalue weighted by Crippen LogP contribution is 2.13. The molecule has 66 valence electrons. The molecular weight excluding hydrogens is 158 g/mol. The molecular formula is C7H11N3O2. The van der Waals surface area contributed by atoms with Crippen molar-refractivity contribution in [1.82, 2.24) is 9.78 Å². The maximum Gasteiger partial charge on any atom is 0.309 e. The van der Waals surface area contributed by atoms with Gasteiger partial charge in [0.1, 0.15) is 5.82 Å². The van der Waals surface area contributed by atoms with Crippen LogP contribution in [0.3, 0.4) is 0 Å². The normalized spacial score (nSPS) is 9.83. The van der Waals surface area contributed by atoms with E-state index in [0.717, 1.165) is 0 Å². The lowest BCUT2D eigenvalue weighted by Crippen LogP contribution is -2.04. The zero-order chi connectivity index (χ0) is 9.14. The lowest BCUT2D eigenvalue weighted by molar-refractivity contribution is -0.132. The molecule has 0 aliphatic heterocycles. The first-order chi connectivity index (χ1) is 5.63. The minimum Gasteiger partial charge on any atom is -0.406 e. The summed E-state index contributed by atoms with van der Waals surface area (Å²) in [6.07, 6.45) is 0. The van der Waals surface area contributed by atoms with E-state index in [0.29, 0.717) is 12.4 Å². The highest BCUT2D eigenvalue weighted by molar-refractivity contribution is 5.68. The second-order valence-electron chi connectivity index (χ2n) is 2.32. The zero-order valence-corrected chi connectivity index (χ0v) is 7.07. The average molecular weight is 169 g/mol. The molecule has 0 aliphatic carbocycles. The third kappa shape index (κ3) is 1.75. The predicted octanol–water partition coefficient (Wildman–Crippen LogP) is 0.411. The van der Waals surface area contributed by atoms with Gasteiger partial charge in [-0.3, -0.25) is 4.79 Å². The van der Waals surface area contributed by atoms with E-state index in [4.69, 9.17) is 10.5 Å². The summed E-state index contributed by atoms with van der Waals surface area (Å²) in [5.41, 5.74) is 5.54. The maximum atomic E-state index is 10.5. The first kappa shape index (κ1) is 8.58. The van der Waals surface area contributed by atoms with Crippen LogP contribution in [0, 0.1) is 0 Å². The van der Waals surface area contributed by atoms with Crippen LogP contribution in [0.5, 0.6) is 5.88 Å². The molecule has 1 aromatic rings. The summed E-state index contributed by atoms with van der Waals surface area (Å²) < 4.78 is 6.28. The molecule has 0 fully saturated rings. The van der Waals surface area contributed by atoms with Gasteiger partial charge in [-0.25, -0.2) is 4.68 Å². The quantitative estimate of drug-likeness (QED) is 0.651. The molecule has 1 heterocycles. The minimum absolute atomic E-state index is 0.252. The van der Waals surface area contributed by atoms with Crippen molar-refractivity contribution in [3.63, 3.8) is 0 Å². The lowest BCUT2D eigenvalue weighted by Gasteiger charge is -1.95. The van der Waals surface area contributed by atoms with Crippen molar-refractivity contribution >= 4 is 11.8 Å². The number of ether oxygens (including phenoxy) is 1. The molecule has 0 aliphatic rings. The lowest BCUT2D eigenvalue weighted by atomic mass is 10.6. The fourth-order valence-electron chi connectivity index (χ4n) is 0.857. The molecule has 0 radical (unpaired) electrons. The van der Waals surface area contributed by atoms with Crippen molar-refractivity contribution in [2.45, 2.75) is 20.4 Å². The van der Waals surface area contributed by atoms with E-state index < -0.39 is 5.97 Å². The predicted molar refractivity (Wildman–Crippen MR) is 43.6 cm³/mol. The molecule has 0 saturated heterocycles. The molecule has 1 rings (SSSR count). The van der Waals surface area contributed by atoms with Crippen molar-refractivity contribution in [3.05, 3.63) is 6.07 Å². The summed E-state index contributed by atoms with van der Waals surface area (Å²) in [5.74, 6) is 0.353. The first-order valence-electron chi connectivity index (χ1n) is 3.65. The van der Waals surface area contributed by atoms with Crippen LogP contribution >= 0.6 is 0 Å². The molecule has 1 aromatic heterocycles. The van der Waals surface area contributed by atoms with Gasteiger partial charge in [0, 0.05) is 19.5 Å². The fourth-order valence-corrected chi connectivity index (χ4v) is 0.857. The summed E-state index contributed by atoms with van der Waals surface area (Å²) in [4.78, 5) is 10.5. The average Bonchev–Trinajstić information content (AvgIpc) is 2.29. The Labute approximate surface area is 70.1 Å². The molecule has 0 unspecified atom stereocenters. The van der Waals surface area contributed by atoms with Gasteiger partial charge in [0.2, 0.25) is 5.88 Å². The number of rotatable bonds is 2. The van der Waals surface area contributed by atoms with E-state index in [1.807, 2.05) is 6.92 Å². The summed E-state index contributed by atoms with van der Waals surface area (Å²) in [6, 6.07) is 1.52. The third-order valence-corrected chi connectivity index (χ3v) is 1.34. The number of aromatic nitrogens is 2. The maximum absolute atomic E-state index is 10.5. The van der Waals surface area contributed by atoms with Crippen molar-refractivity contribution in [1.29, 1.82) is 0 Å². The van der Waals surface area contributed by atoms with Crippen molar-refractivity contribution in [2.24, 2.45) is 0 Å². The second kappa shape index (κ2) is 3.25. The molecule has 0 aromatic carbocycles. The van der Waals surface area contributed by atoms with E-state index in [1.165, 1.54) is 13.0 Å². The number of nitrogens with zero attached hydrogens (tertiary/aromatic N) is 2. The van der Waals surface area contributed by atoms with Gasteiger partial charge in [-0.1, -0.05) is 0 Å². The Kier molecular flexibility index (Phi) is 2.32. The Morgan fingerprint density at radius 2 is 2.50 bits per heavy atom. The fraction of sp³-hybridized carbons (Fsp3) is 0.429. The molecule has 5 heteroatoms. The van der Waals surface area contributed by atoms with Crippen LogP contribution in [0.4, 0.5) is 5.82 Å². The van der Waals surface area contributed by atoms with Gasteiger partial charge >= 0.3 is 5.97 Å². The third-order valence-electron chi connectivity index (χ3n) is 1.34. The van der Waals surface area contributed by atoms with Gasteiger partial charge in [-0.05, 0) is 6.92 Å². The number of hydrogen-bond donors (Lipinski definition) is 1. The molecule has 0 spiro atoms. The monoisotopic (exact) mass is 169 g/mol. The van der Waals surface area contributed by atoms with Gasteiger partial charge in [0.15, 0.2) is 0 Å². The summed E-state index contributed by atoms with van der Waals surface area (Å²) >= 11 is 0. The van der Waals surface area contributed by atoms with E-state index in [9.17, 15) is 4.79 Å². The van der Waals surface area contributed by atoms with E-state index in [1.54, 1.807) is 4.68 Å². The smallest absolute Gasteiger partial charge is 0.309 e. The summed E-state index contributed by atoms with van der Waals surface area (Å²) in [5, 5.41) is 3.92. The van der Waals surface area contributed by atoms with Crippen molar-refractivity contribution in [2.75, 3.05) is 5.73 Å². The van der Waals surface area contributed by atoms with Gasteiger partial charge in [-0.2, -0.15) is 0 Å². The number of esters is 1. The number of anilines is 1. The SMILES string of the molecule is CCn1nc(OC(C)=O)cc1N. The Bertz CT molecular complexity index is 293. The minimum atomic E-state index is -0.393. The first-order valence-corrected chi connectivity index (χ1v) is 3.65. The largest absolute Gasteiger partial charge is 0.406 e. The number of nitrogens with two attached hydrogens (primary N) is 1. The standard InChI is InChI=1S/C7H11N3O2/c1-3-10-6(8)4-7(9-10)12-5(2)11/h4H,3,8H2,1-2H3. The highest BCUT2D eigenvalue weighted by atomic mass is 16.5. The number of carbonyl (C=O) groups is 1. The van der Waals surface area contributed by atoms with Gasteiger partial charge in [-0.15, -0.1) is 5.10 Å². The Morgan fingerprint density at radius 1 is 1.83 bits per heavy atom. The van der Waals surface area contributed by atoms with Crippen molar-refractivity contribution in [3.8, 4) is 5.88 Å². The van der Waals surface area contributed by atoms with E-state index in [2.05, 4.69) is 5.10 Å². The Balaban J connectivity index is 2.82.